The predicted molar refractivity (Wildman–Crippen MR) is 190 cm³/mol. The molecule has 2 aromatic carbocycles. The zero-order valence-electron chi connectivity index (χ0n) is 30.9. The maximum Gasteiger partial charge on any atom is 0.491 e. The number of aliphatic hydroxyl groups excluding tert-OH is 1. The van der Waals surface area contributed by atoms with Crippen molar-refractivity contribution >= 4 is 35.5 Å². The van der Waals surface area contributed by atoms with Gasteiger partial charge in [0.25, 0.3) is 17.7 Å². The van der Waals surface area contributed by atoms with Crippen LogP contribution in [0.15, 0.2) is 66.9 Å². The van der Waals surface area contributed by atoms with E-state index in [-0.39, 0.29) is 30.2 Å². The number of carbonyl (C=O) groups excluding carboxylic acids is 6. The van der Waals surface area contributed by atoms with E-state index in [1.807, 2.05) is 0 Å². The zero-order chi connectivity index (χ0) is 42.3. The number of benzene rings is 2. The van der Waals surface area contributed by atoms with Gasteiger partial charge in [0.1, 0.15) is 30.1 Å². The van der Waals surface area contributed by atoms with Gasteiger partial charge in [0.2, 0.25) is 17.5 Å². The second-order valence-corrected chi connectivity index (χ2v) is 14.0. The van der Waals surface area contributed by atoms with Gasteiger partial charge in [-0.15, -0.1) is 0 Å². The summed E-state index contributed by atoms with van der Waals surface area (Å²) in [6.45, 7) is 2.97. The number of nitrogens with zero attached hydrogens (tertiary/aromatic N) is 3. The number of nitrogens with two attached hydrogens (primary N) is 1. The predicted octanol–water partition coefficient (Wildman–Crippen LogP) is 1.79. The standard InChI is InChI=1S/C37H40F5N7O8/c1-35(2,3)29(31-47-25(23-17-22(38)9-10-24(23)39)19-48(31)18-21-7-5-4-6-8-21)30(53)32(54)45-14-13-36(43,57-34(56)37(40,41)42)33(55)46-16-15-44-26(50)20-49-27(51)11-12-28(49)52/h4-12,17,19,29-30,53H,13-16,18,20,43H2,1-3H3,(H,44,50)(H,45,54)(H,46,55)/t29-,30-,36-/m0/s1. The molecule has 3 atom stereocenters. The van der Waals surface area contributed by atoms with Gasteiger partial charge in [0.05, 0.1) is 11.6 Å². The maximum absolute atomic E-state index is 14.9. The highest BCUT2D eigenvalue weighted by atomic mass is 19.4. The van der Waals surface area contributed by atoms with Gasteiger partial charge in [-0.1, -0.05) is 51.1 Å². The number of halogens is 5. The Bertz CT molecular complexity index is 2020. The van der Waals surface area contributed by atoms with Crippen LogP contribution in [0.2, 0.25) is 0 Å². The number of esters is 1. The van der Waals surface area contributed by atoms with Crippen LogP contribution in [0.3, 0.4) is 0 Å². The Balaban J connectivity index is 1.49. The molecule has 0 bridgehead atoms. The van der Waals surface area contributed by atoms with Crippen LogP contribution in [0.4, 0.5) is 22.0 Å². The van der Waals surface area contributed by atoms with Crippen molar-refractivity contribution in [1.82, 2.24) is 30.4 Å². The van der Waals surface area contributed by atoms with E-state index in [0.29, 0.717) is 4.90 Å². The Morgan fingerprint density at radius 1 is 0.912 bits per heavy atom. The van der Waals surface area contributed by atoms with Gasteiger partial charge >= 0.3 is 12.1 Å². The SMILES string of the molecule is CC(C)(C)[C@H](c1nc(-c2cc(F)ccc2F)cn1Cc1ccccc1)[C@H](O)C(=O)NCC[C@](N)(OC(=O)C(F)(F)F)C(=O)NCCNC(=O)CN1C(=O)C=CC1=O. The molecule has 3 aromatic rings. The van der Waals surface area contributed by atoms with Crippen LogP contribution in [-0.2, 0) is 40.0 Å². The van der Waals surface area contributed by atoms with E-state index >= 15 is 0 Å². The van der Waals surface area contributed by atoms with Crippen LogP contribution in [0.5, 0.6) is 0 Å². The second-order valence-electron chi connectivity index (χ2n) is 14.0. The molecule has 15 nitrogen and oxygen atoms in total. The maximum atomic E-state index is 14.9. The lowest BCUT2D eigenvalue weighted by Gasteiger charge is -2.34. The molecule has 1 aliphatic rings. The second kappa shape index (κ2) is 17.8. The Morgan fingerprint density at radius 3 is 2.16 bits per heavy atom. The summed E-state index contributed by atoms with van der Waals surface area (Å²) in [6.07, 6.45) is -5.09. The Kier molecular flexibility index (Phi) is 13.7. The molecular weight excluding hydrogens is 765 g/mol. The van der Waals surface area contributed by atoms with Crippen molar-refractivity contribution in [3.63, 3.8) is 0 Å². The monoisotopic (exact) mass is 805 g/mol. The minimum absolute atomic E-state index is 0.00106. The van der Waals surface area contributed by atoms with Crippen molar-refractivity contribution in [2.75, 3.05) is 26.2 Å². The molecule has 1 aromatic heterocycles. The third-order valence-electron chi connectivity index (χ3n) is 8.62. The van der Waals surface area contributed by atoms with Gasteiger partial charge in [-0.25, -0.2) is 18.6 Å². The number of ether oxygens (including phenoxy) is 1. The average molecular weight is 806 g/mol. The molecule has 0 fully saturated rings. The quantitative estimate of drug-likeness (QED) is 0.0466. The lowest BCUT2D eigenvalue weighted by molar-refractivity contribution is -0.214. The van der Waals surface area contributed by atoms with Gasteiger partial charge in [0, 0.05) is 56.5 Å². The van der Waals surface area contributed by atoms with E-state index in [2.05, 4.69) is 25.7 Å². The fraction of sp³-hybridized carbons (Fsp3) is 0.378. The van der Waals surface area contributed by atoms with Crippen molar-refractivity contribution in [2.45, 2.75) is 57.7 Å². The van der Waals surface area contributed by atoms with Crippen molar-refractivity contribution in [3.05, 3.63) is 89.9 Å². The average Bonchev–Trinajstić information content (AvgIpc) is 3.67. The number of hydrogen-bond donors (Lipinski definition) is 5. The summed E-state index contributed by atoms with van der Waals surface area (Å²) in [7, 11) is 0. The molecule has 0 saturated heterocycles. The number of imidazole rings is 1. The molecule has 1 aliphatic heterocycles. The molecule has 0 radical (unpaired) electrons. The van der Waals surface area contributed by atoms with E-state index in [1.54, 1.807) is 55.7 Å². The number of aromatic nitrogens is 2. The lowest BCUT2D eigenvalue weighted by atomic mass is 9.76. The number of carbonyl (C=O) groups is 6. The van der Waals surface area contributed by atoms with Gasteiger partial charge in [-0.3, -0.25) is 34.6 Å². The topological polar surface area (TPSA) is 215 Å². The zero-order valence-corrected chi connectivity index (χ0v) is 30.9. The van der Waals surface area contributed by atoms with Gasteiger partial charge < -0.3 is 30.4 Å². The van der Waals surface area contributed by atoms with Crippen molar-refractivity contribution in [2.24, 2.45) is 11.1 Å². The van der Waals surface area contributed by atoms with Crippen LogP contribution >= 0.6 is 0 Å². The van der Waals surface area contributed by atoms with Crippen molar-refractivity contribution in [3.8, 4) is 11.3 Å². The smallest absolute Gasteiger partial charge is 0.428 e. The third-order valence-corrected chi connectivity index (χ3v) is 8.62. The summed E-state index contributed by atoms with van der Waals surface area (Å²) >= 11 is 0. The highest BCUT2D eigenvalue weighted by Crippen LogP contribution is 2.39. The molecular formula is C37H40F5N7O8. The first kappa shape index (κ1) is 43.7. The van der Waals surface area contributed by atoms with E-state index in [9.17, 15) is 55.8 Å². The largest absolute Gasteiger partial charge is 0.491 e. The number of amides is 5. The first-order chi connectivity index (χ1) is 26.6. The van der Waals surface area contributed by atoms with Crippen LogP contribution in [0, 0.1) is 17.0 Å². The van der Waals surface area contributed by atoms with E-state index < -0.39 is 103 Å². The molecule has 306 valence electrons. The summed E-state index contributed by atoms with van der Waals surface area (Å²) in [5.74, 6) is -10.2. The Labute approximate surface area is 322 Å². The fourth-order valence-electron chi connectivity index (χ4n) is 5.79. The fourth-order valence-corrected chi connectivity index (χ4v) is 5.79. The molecule has 57 heavy (non-hydrogen) atoms. The van der Waals surface area contributed by atoms with Gasteiger partial charge in [-0.05, 0) is 29.2 Å². The Hall–Kier alpha value is -6.02. The third kappa shape index (κ3) is 11.3. The summed E-state index contributed by atoms with van der Waals surface area (Å²) in [4.78, 5) is 78.9. The van der Waals surface area contributed by atoms with Crippen LogP contribution < -0.4 is 21.7 Å². The van der Waals surface area contributed by atoms with Gasteiger partial charge in [0.15, 0.2) is 0 Å². The molecule has 0 unspecified atom stereocenters. The van der Waals surface area contributed by atoms with Gasteiger partial charge in [-0.2, -0.15) is 13.2 Å². The molecule has 6 N–H and O–H groups in total. The van der Waals surface area contributed by atoms with E-state index in [4.69, 9.17) is 5.73 Å². The number of nitrogens with one attached hydrogen (secondary N) is 3. The normalized spacial score (nSPS) is 15.2. The summed E-state index contributed by atoms with van der Waals surface area (Å²) in [5, 5.41) is 18.2. The van der Waals surface area contributed by atoms with Crippen LogP contribution in [0.1, 0.15) is 44.5 Å². The van der Waals surface area contributed by atoms with Crippen LogP contribution in [0.25, 0.3) is 11.3 Å². The molecule has 2 heterocycles. The van der Waals surface area contributed by atoms with E-state index in [0.717, 1.165) is 35.9 Å². The molecule has 4 rings (SSSR count). The lowest BCUT2D eigenvalue weighted by Crippen LogP contribution is -2.60. The number of imide groups is 1. The van der Waals surface area contributed by atoms with Crippen molar-refractivity contribution in [1.29, 1.82) is 0 Å². The molecule has 0 aliphatic carbocycles. The number of aliphatic hydroxyl groups is 1. The minimum Gasteiger partial charge on any atom is -0.428 e. The van der Waals surface area contributed by atoms with Crippen LogP contribution in [-0.4, -0.2) is 99.2 Å². The number of rotatable bonds is 16. The summed E-state index contributed by atoms with van der Waals surface area (Å²) in [5.41, 5.74) is 2.44. The molecule has 5 amide bonds. The summed E-state index contributed by atoms with van der Waals surface area (Å²) in [6, 6.07) is 11.7. The molecule has 0 spiro atoms. The molecule has 20 heteroatoms. The minimum atomic E-state index is -5.58. The van der Waals surface area contributed by atoms with E-state index in [1.165, 1.54) is 6.20 Å². The first-order valence-corrected chi connectivity index (χ1v) is 17.3. The number of hydrogen-bond acceptors (Lipinski definition) is 10. The Morgan fingerprint density at radius 2 is 1.54 bits per heavy atom. The number of alkyl halides is 3. The first-order valence-electron chi connectivity index (χ1n) is 17.3. The van der Waals surface area contributed by atoms with Crippen molar-refractivity contribution < 1.29 is 60.6 Å². The molecule has 0 saturated carbocycles. The highest BCUT2D eigenvalue weighted by Gasteiger charge is 2.48. The summed E-state index contributed by atoms with van der Waals surface area (Å²) < 4.78 is 74.5. The highest BCUT2D eigenvalue weighted by molar-refractivity contribution is 6.14.